The first-order valence-electron chi connectivity index (χ1n) is 8.28. The molecule has 134 valence electrons. The Morgan fingerprint density at radius 2 is 1.69 bits per heavy atom. The fourth-order valence-electron chi connectivity index (χ4n) is 2.54. The Labute approximate surface area is 153 Å². The number of hydrazone groups is 1. The van der Waals surface area contributed by atoms with Gasteiger partial charge < -0.3 is 4.74 Å². The lowest BCUT2D eigenvalue weighted by atomic mass is 10.0. The molecule has 0 amide bonds. The monoisotopic (exact) mass is 368 g/mol. The van der Waals surface area contributed by atoms with Crippen molar-refractivity contribution in [3.63, 3.8) is 0 Å². The number of rotatable bonds is 6. The summed E-state index contributed by atoms with van der Waals surface area (Å²) in [7, 11) is -3.73. The highest BCUT2D eigenvalue weighted by Gasteiger charge is 2.13. The van der Waals surface area contributed by atoms with Gasteiger partial charge in [0.1, 0.15) is 5.75 Å². The van der Waals surface area contributed by atoms with Crippen molar-refractivity contribution in [3.05, 3.63) is 72.3 Å². The van der Waals surface area contributed by atoms with Crippen LogP contribution < -0.4 is 9.57 Å². The molecule has 0 aliphatic rings. The standard InChI is InChI=1S/C20H20N2O3S/c1-3-25-19-10-12-20(13-11-19)26(23,24)22-21-15(2)17-9-8-16-6-4-5-7-18(16)14-17/h4-14,22H,3H2,1-2H3/b21-15+. The lowest BCUT2D eigenvalue weighted by Gasteiger charge is -2.07. The molecule has 1 N–H and O–H groups in total. The third kappa shape index (κ3) is 4.03. The van der Waals surface area contributed by atoms with Crippen molar-refractivity contribution in [2.24, 2.45) is 5.10 Å². The van der Waals surface area contributed by atoms with Crippen molar-refractivity contribution in [2.45, 2.75) is 18.7 Å². The van der Waals surface area contributed by atoms with E-state index in [2.05, 4.69) is 9.93 Å². The molecule has 26 heavy (non-hydrogen) atoms. The molecule has 3 aromatic rings. The van der Waals surface area contributed by atoms with Crippen LogP contribution >= 0.6 is 0 Å². The molecule has 0 aliphatic carbocycles. The van der Waals surface area contributed by atoms with Gasteiger partial charge in [-0.05, 0) is 60.5 Å². The number of nitrogens with zero attached hydrogens (tertiary/aromatic N) is 1. The summed E-state index contributed by atoms with van der Waals surface area (Å²) in [6, 6.07) is 20.1. The lowest BCUT2D eigenvalue weighted by molar-refractivity contribution is 0.340. The van der Waals surface area contributed by atoms with Crippen LogP contribution in [-0.2, 0) is 10.0 Å². The summed E-state index contributed by atoms with van der Waals surface area (Å²) in [4.78, 5) is 2.43. The van der Waals surface area contributed by atoms with Crippen molar-refractivity contribution in [1.82, 2.24) is 4.83 Å². The first kappa shape index (κ1) is 17.9. The molecular formula is C20H20N2O3S. The van der Waals surface area contributed by atoms with E-state index in [0.29, 0.717) is 18.1 Å². The molecule has 0 saturated carbocycles. The summed E-state index contributed by atoms with van der Waals surface area (Å²) < 4.78 is 30.1. The maximum Gasteiger partial charge on any atom is 0.276 e. The molecule has 6 heteroatoms. The van der Waals surface area contributed by atoms with E-state index in [-0.39, 0.29) is 4.90 Å². The minimum absolute atomic E-state index is 0.135. The van der Waals surface area contributed by atoms with Crippen LogP contribution in [0.5, 0.6) is 5.75 Å². The highest BCUT2D eigenvalue weighted by molar-refractivity contribution is 7.89. The van der Waals surface area contributed by atoms with Gasteiger partial charge >= 0.3 is 0 Å². The van der Waals surface area contributed by atoms with E-state index in [1.165, 1.54) is 12.1 Å². The van der Waals surface area contributed by atoms with Crippen LogP contribution in [0.2, 0.25) is 0 Å². The van der Waals surface area contributed by atoms with E-state index in [0.717, 1.165) is 16.3 Å². The van der Waals surface area contributed by atoms with Gasteiger partial charge in [0, 0.05) is 0 Å². The largest absolute Gasteiger partial charge is 0.494 e. The Balaban J connectivity index is 1.79. The molecule has 0 spiro atoms. The molecular weight excluding hydrogens is 348 g/mol. The zero-order chi connectivity index (χ0) is 18.6. The fourth-order valence-corrected chi connectivity index (χ4v) is 3.40. The number of benzene rings is 3. The first-order chi connectivity index (χ1) is 12.5. The zero-order valence-electron chi connectivity index (χ0n) is 14.6. The molecule has 3 rings (SSSR count). The third-order valence-corrected chi connectivity index (χ3v) is 5.17. The van der Waals surface area contributed by atoms with Crippen LogP contribution in [-0.4, -0.2) is 20.7 Å². The minimum Gasteiger partial charge on any atom is -0.494 e. The van der Waals surface area contributed by atoms with Gasteiger partial charge in [-0.1, -0.05) is 36.4 Å². The molecule has 0 radical (unpaired) electrons. The summed E-state index contributed by atoms with van der Waals surface area (Å²) in [6.45, 7) is 4.17. The molecule has 0 aromatic heterocycles. The van der Waals surface area contributed by atoms with Crippen molar-refractivity contribution in [1.29, 1.82) is 0 Å². The van der Waals surface area contributed by atoms with Gasteiger partial charge in [-0.25, -0.2) is 0 Å². The van der Waals surface area contributed by atoms with Gasteiger partial charge in [-0.15, -0.1) is 0 Å². The van der Waals surface area contributed by atoms with E-state index in [9.17, 15) is 8.42 Å². The van der Waals surface area contributed by atoms with Crippen molar-refractivity contribution >= 4 is 26.5 Å². The fraction of sp³-hybridized carbons (Fsp3) is 0.150. The lowest BCUT2D eigenvalue weighted by Crippen LogP contribution is -2.19. The number of hydrogen-bond acceptors (Lipinski definition) is 4. The molecule has 0 fully saturated rings. The Kier molecular flexibility index (Phi) is 5.23. The van der Waals surface area contributed by atoms with Crippen LogP contribution in [0.4, 0.5) is 0 Å². The summed E-state index contributed by atoms with van der Waals surface area (Å²) in [5.74, 6) is 0.627. The molecule has 0 bridgehead atoms. The molecule has 0 aliphatic heterocycles. The average Bonchev–Trinajstić information content (AvgIpc) is 2.66. The second kappa shape index (κ2) is 7.58. The van der Waals surface area contributed by atoms with Gasteiger partial charge in [0.15, 0.2) is 0 Å². The predicted octanol–water partition coefficient (Wildman–Crippen LogP) is 3.94. The van der Waals surface area contributed by atoms with E-state index in [1.807, 2.05) is 49.4 Å². The Hall–Kier alpha value is -2.86. The average molecular weight is 368 g/mol. The summed E-state index contributed by atoms with van der Waals surface area (Å²) in [6.07, 6.45) is 0. The van der Waals surface area contributed by atoms with Crippen LogP contribution in [0.1, 0.15) is 19.4 Å². The molecule has 0 unspecified atom stereocenters. The zero-order valence-corrected chi connectivity index (χ0v) is 15.5. The topological polar surface area (TPSA) is 67.8 Å². The number of hydrogen-bond donors (Lipinski definition) is 1. The van der Waals surface area contributed by atoms with E-state index in [1.54, 1.807) is 19.1 Å². The molecule has 0 heterocycles. The Morgan fingerprint density at radius 3 is 2.38 bits per heavy atom. The quantitative estimate of drug-likeness (QED) is 0.529. The summed E-state index contributed by atoms with van der Waals surface area (Å²) in [5, 5.41) is 6.26. The summed E-state index contributed by atoms with van der Waals surface area (Å²) >= 11 is 0. The van der Waals surface area contributed by atoms with Crippen LogP contribution in [0, 0.1) is 0 Å². The highest BCUT2D eigenvalue weighted by atomic mass is 32.2. The van der Waals surface area contributed by atoms with Crippen LogP contribution in [0.15, 0.2) is 76.7 Å². The second-order valence-electron chi connectivity index (χ2n) is 5.76. The minimum atomic E-state index is -3.73. The highest BCUT2D eigenvalue weighted by Crippen LogP contribution is 2.17. The van der Waals surface area contributed by atoms with Crippen molar-refractivity contribution < 1.29 is 13.2 Å². The van der Waals surface area contributed by atoms with Gasteiger partial charge in [0.05, 0.1) is 17.2 Å². The molecule has 3 aromatic carbocycles. The maximum atomic E-state index is 12.4. The van der Waals surface area contributed by atoms with E-state index < -0.39 is 10.0 Å². The molecule has 0 saturated heterocycles. The van der Waals surface area contributed by atoms with Gasteiger partial charge in [0.2, 0.25) is 0 Å². The van der Waals surface area contributed by atoms with Crippen LogP contribution in [0.3, 0.4) is 0 Å². The van der Waals surface area contributed by atoms with Crippen molar-refractivity contribution in [3.8, 4) is 5.75 Å². The third-order valence-electron chi connectivity index (χ3n) is 3.95. The SMILES string of the molecule is CCOc1ccc(S(=O)(=O)N/N=C(\C)c2ccc3ccccc3c2)cc1. The Bertz CT molecular complexity index is 1040. The van der Waals surface area contributed by atoms with E-state index >= 15 is 0 Å². The van der Waals surface area contributed by atoms with Gasteiger partial charge in [-0.3, -0.25) is 0 Å². The number of nitrogens with one attached hydrogen (secondary N) is 1. The maximum absolute atomic E-state index is 12.4. The number of fused-ring (bicyclic) bond motifs is 1. The second-order valence-corrected chi connectivity index (χ2v) is 7.42. The van der Waals surface area contributed by atoms with E-state index in [4.69, 9.17) is 4.74 Å². The molecule has 5 nitrogen and oxygen atoms in total. The number of ether oxygens (including phenoxy) is 1. The smallest absolute Gasteiger partial charge is 0.276 e. The number of sulfonamides is 1. The first-order valence-corrected chi connectivity index (χ1v) is 9.76. The van der Waals surface area contributed by atoms with Crippen molar-refractivity contribution in [2.75, 3.05) is 6.61 Å². The van der Waals surface area contributed by atoms with Crippen LogP contribution in [0.25, 0.3) is 10.8 Å². The van der Waals surface area contributed by atoms with Gasteiger partial charge in [-0.2, -0.15) is 18.4 Å². The summed E-state index contributed by atoms with van der Waals surface area (Å²) in [5.41, 5.74) is 1.45. The van der Waals surface area contributed by atoms with Gasteiger partial charge in [0.25, 0.3) is 10.0 Å². The predicted molar refractivity (Wildman–Crippen MR) is 104 cm³/mol. The normalized spacial score (nSPS) is 12.2. The Morgan fingerprint density at radius 1 is 1.00 bits per heavy atom. The molecule has 0 atom stereocenters.